The van der Waals surface area contributed by atoms with Gasteiger partial charge in [-0.25, -0.2) is 4.79 Å². The Hall–Kier alpha value is -2.58. The van der Waals surface area contributed by atoms with Crippen LogP contribution in [0, 0.1) is 0 Å². The number of hydrogen-bond acceptors (Lipinski definition) is 2. The number of rotatable bonds is 1. The van der Waals surface area contributed by atoms with Gasteiger partial charge in [0.05, 0.1) is 0 Å². The lowest BCUT2D eigenvalue weighted by atomic mass is 9.94. The van der Waals surface area contributed by atoms with E-state index < -0.39 is 0 Å². The topological polar surface area (TPSA) is 30.2 Å². The summed E-state index contributed by atoms with van der Waals surface area (Å²) in [6.07, 6.45) is 8.36. The van der Waals surface area contributed by atoms with Gasteiger partial charge in [-0.15, -0.1) is 0 Å². The standard InChI is InChI=1S/C20H13ClO2/c21-16-11-12-17-19(18(16)13-7-3-1-4-8-13)14-9-5-2-6-10-15(14)20(22)23-17/h1-9,11-12H,10H2. The Morgan fingerprint density at radius 2 is 1.83 bits per heavy atom. The van der Waals surface area contributed by atoms with Crippen molar-refractivity contribution >= 4 is 28.6 Å². The van der Waals surface area contributed by atoms with Gasteiger partial charge in [-0.05, 0) is 29.7 Å². The van der Waals surface area contributed by atoms with Crippen LogP contribution in [0.4, 0.5) is 0 Å². The van der Waals surface area contributed by atoms with Crippen molar-refractivity contribution in [2.75, 3.05) is 0 Å². The smallest absolute Gasteiger partial charge is 0.340 e. The van der Waals surface area contributed by atoms with Crippen LogP contribution in [-0.4, -0.2) is 0 Å². The quantitative estimate of drug-likeness (QED) is 0.574. The monoisotopic (exact) mass is 320 g/mol. The van der Waals surface area contributed by atoms with E-state index in [1.54, 1.807) is 12.1 Å². The Bertz CT molecular complexity index is 1010. The molecule has 0 amide bonds. The highest BCUT2D eigenvalue weighted by Gasteiger charge is 2.18. The Kier molecular flexibility index (Phi) is 3.40. The molecular formula is C20H13ClO2. The normalized spacial score (nSPS) is 13.1. The molecule has 1 aromatic heterocycles. The third-order valence-corrected chi connectivity index (χ3v) is 4.37. The molecule has 0 atom stereocenters. The molecule has 0 spiro atoms. The molecule has 3 aromatic rings. The molecule has 2 nitrogen and oxygen atoms in total. The highest BCUT2D eigenvalue weighted by atomic mass is 35.5. The van der Waals surface area contributed by atoms with Gasteiger partial charge in [0.15, 0.2) is 0 Å². The van der Waals surface area contributed by atoms with Crippen LogP contribution in [0.3, 0.4) is 0 Å². The Balaban J connectivity index is 2.19. The summed E-state index contributed by atoms with van der Waals surface area (Å²) in [6.45, 7) is 0. The van der Waals surface area contributed by atoms with E-state index in [9.17, 15) is 4.79 Å². The summed E-state index contributed by atoms with van der Waals surface area (Å²) >= 11 is 6.50. The summed E-state index contributed by atoms with van der Waals surface area (Å²) < 4.78 is 5.55. The van der Waals surface area contributed by atoms with Crippen LogP contribution in [0.25, 0.3) is 28.2 Å². The lowest BCUT2D eigenvalue weighted by molar-refractivity contribution is 0.552. The number of benzene rings is 2. The van der Waals surface area contributed by atoms with Crippen LogP contribution in [-0.2, 0) is 6.42 Å². The van der Waals surface area contributed by atoms with E-state index in [-0.39, 0.29) is 5.63 Å². The fourth-order valence-corrected chi connectivity index (χ4v) is 3.28. The van der Waals surface area contributed by atoms with Crippen LogP contribution in [0.2, 0.25) is 5.02 Å². The third kappa shape index (κ3) is 2.32. The first kappa shape index (κ1) is 14.0. The average molecular weight is 321 g/mol. The fraction of sp³-hybridized carbons (Fsp3) is 0.0500. The van der Waals surface area contributed by atoms with Crippen LogP contribution in [0.1, 0.15) is 11.1 Å². The first-order valence-electron chi connectivity index (χ1n) is 7.42. The molecule has 0 radical (unpaired) electrons. The lowest BCUT2D eigenvalue weighted by Gasteiger charge is -2.13. The first-order valence-corrected chi connectivity index (χ1v) is 7.80. The zero-order chi connectivity index (χ0) is 15.8. The summed E-state index contributed by atoms with van der Waals surface area (Å²) in [5.74, 6) is 0. The summed E-state index contributed by atoms with van der Waals surface area (Å²) in [5, 5.41) is 1.53. The van der Waals surface area contributed by atoms with Gasteiger partial charge in [-0.2, -0.15) is 0 Å². The molecular weight excluding hydrogens is 308 g/mol. The second kappa shape index (κ2) is 5.56. The van der Waals surface area contributed by atoms with Crippen molar-refractivity contribution in [1.29, 1.82) is 0 Å². The summed E-state index contributed by atoms with van der Waals surface area (Å²) in [6, 6.07) is 13.5. The molecule has 3 heteroatoms. The summed E-state index contributed by atoms with van der Waals surface area (Å²) in [4.78, 5) is 12.3. The molecule has 112 valence electrons. The molecule has 0 bridgehead atoms. The summed E-state index contributed by atoms with van der Waals surface area (Å²) in [7, 11) is 0. The first-order chi connectivity index (χ1) is 11.3. The van der Waals surface area contributed by atoms with Gasteiger partial charge in [0.25, 0.3) is 0 Å². The second-order valence-electron chi connectivity index (χ2n) is 5.43. The molecule has 1 aliphatic rings. The van der Waals surface area contributed by atoms with Crippen molar-refractivity contribution in [2.24, 2.45) is 0 Å². The second-order valence-corrected chi connectivity index (χ2v) is 5.84. The molecule has 2 aromatic carbocycles. The molecule has 0 saturated heterocycles. The average Bonchev–Trinajstić information content (AvgIpc) is 2.83. The number of hydrogen-bond donors (Lipinski definition) is 0. The Morgan fingerprint density at radius 1 is 1.00 bits per heavy atom. The molecule has 4 rings (SSSR count). The van der Waals surface area contributed by atoms with Crippen LogP contribution in [0.5, 0.6) is 0 Å². The van der Waals surface area contributed by atoms with Crippen molar-refractivity contribution in [3.8, 4) is 11.1 Å². The molecule has 0 N–H and O–H groups in total. The molecule has 23 heavy (non-hydrogen) atoms. The van der Waals surface area contributed by atoms with Gasteiger partial charge in [-0.3, -0.25) is 0 Å². The number of fused-ring (bicyclic) bond motifs is 3. The predicted octanol–water partition coefficient (Wildman–Crippen LogP) is 5.24. The number of halogens is 1. The number of allylic oxidation sites excluding steroid dienone is 3. The molecule has 0 saturated carbocycles. The zero-order valence-electron chi connectivity index (χ0n) is 12.3. The minimum absolute atomic E-state index is 0.287. The van der Waals surface area contributed by atoms with E-state index in [2.05, 4.69) is 0 Å². The van der Waals surface area contributed by atoms with Crippen molar-refractivity contribution in [2.45, 2.75) is 6.42 Å². The minimum Gasteiger partial charge on any atom is -0.422 e. The van der Waals surface area contributed by atoms with Gasteiger partial charge in [0.2, 0.25) is 0 Å². The van der Waals surface area contributed by atoms with Crippen LogP contribution in [0.15, 0.2) is 69.9 Å². The van der Waals surface area contributed by atoms with Crippen molar-refractivity contribution in [3.05, 3.63) is 87.3 Å². The molecule has 0 aliphatic heterocycles. The van der Waals surface area contributed by atoms with E-state index in [1.165, 1.54) is 0 Å². The molecule has 1 heterocycles. The molecule has 0 fully saturated rings. The summed E-state index contributed by atoms with van der Waals surface area (Å²) in [5.41, 5.74) is 3.74. The Labute approximate surface area is 138 Å². The minimum atomic E-state index is -0.287. The molecule has 0 unspecified atom stereocenters. The highest BCUT2D eigenvalue weighted by Crippen LogP contribution is 2.38. The predicted molar refractivity (Wildman–Crippen MR) is 94.8 cm³/mol. The lowest BCUT2D eigenvalue weighted by Crippen LogP contribution is -2.09. The maximum Gasteiger partial charge on any atom is 0.340 e. The van der Waals surface area contributed by atoms with E-state index in [0.717, 1.165) is 22.1 Å². The van der Waals surface area contributed by atoms with E-state index in [0.29, 0.717) is 22.6 Å². The van der Waals surface area contributed by atoms with Crippen molar-refractivity contribution in [3.63, 3.8) is 0 Å². The fourth-order valence-electron chi connectivity index (χ4n) is 3.01. The van der Waals surface area contributed by atoms with Gasteiger partial charge < -0.3 is 4.42 Å². The van der Waals surface area contributed by atoms with Gasteiger partial charge in [-0.1, -0.05) is 66.2 Å². The van der Waals surface area contributed by atoms with E-state index in [1.807, 2.05) is 54.6 Å². The van der Waals surface area contributed by atoms with Crippen LogP contribution >= 0.6 is 11.6 Å². The van der Waals surface area contributed by atoms with Gasteiger partial charge >= 0.3 is 5.63 Å². The van der Waals surface area contributed by atoms with E-state index in [4.69, 9.17) is 16.0 Å². The van der Waals surface area contributed by atoms with Gasteiger partial charge in [0, 0.05) is 21.5 Å². The highest BCUT2D eigenvalue weighted by molar-refractivity contribution is 6.35. The van der Waals surface area contributed by atoms with E-state index >= 15 is 0 Å². The zero-order valence-corrected chi connectivity index (χ0v) is 13.0. The largest absolute Gasteiger partial charge is 0.422 e. The van der Waals surface area contributed by atoms with Crippen molar-refractivity contribution < 1.29 is 4.42 Å². The third-order valence-electron chi connectivity index (χ3n) is 4.05. The Morgan fingerprint density at radius 3 is 2.65 bits per heavy atom. The van der Waals surface area contributed by atoms with Crippen LogP contribution < -0.4 is 5.63 Å². The maximum absolute atomic E-state index is 12.3. The van der Waals surface area contributed by atoms with Gasteiger partial charge in [0.1, 0.15) is 5.58 Å². The SMILES string of the molecule is O=c1oc2ccc(Cl)c(-c3ccccc3)c2c2c1CC=CC=C2. The van der Waals surface area contributed by atoms with Crippen molar-refractivity contribution in [1.82, 2.24) is 0 Å². The maximum atomic E-state index is 12.3. The molecule has 1 aliphatic carbocycles.